The van der Waals surface area contributed by atoms with Crippen LogP contribution in [0.4, 0.5) is 0 Å². The van der Waals surface area contributed by atoms with Crippen LogP contribution in [0.3, 0.4) is 0 Å². The summed E-state index contributed by atoms with van der Waals surface area (Å²) in [4.78, 5) is 0. The maximum absolute atomic E-state index is 2.26. The summed E-state index contributed by atoms with van der Waals surface area (Å²) in [5, 5.41) is 0. The SMILES string of the molecule is s1[se]s[se][se][se][se]1. The first-order chi connectivity index (χ1) is 3.50. The fourth-order valence-electron chi connectivity index (χ4n) is 0.0794. The molecule has 0 bridgehead atoms. The summed E-state index contributed by atoms with van der Waals surface area (Å²) in [6.45, 7) is 0. The van der Waals surface area contributed by atoms with Crippen LogP contribution in [0, 0.1) is 0 Å². The molecule has 0 atom stereocenters. The zero-order valence-electron chi connectivity index (χ0n) is 2.86. The van der Waals surface area contributed by atoms with Gasteiger partial charge >= 0.3 is 72.9 Å². The van der Waals surface area contributed by atoms with E-state index < -0.39 is 0 Å². The van der Waals surface area contributed by atoms with Crippen molar-refractivity contribution in [3.8, 4) is 0 Å². The van der Waals surface area contributed by atoms with Crippen LogP contribution >= 0.6 is 16.2 Å². The molecule has 0 radical (unpaired) electrons. The average molecular weight is 459 g/mol. The summed E-state index contributed by atoms with van der Waals surface area (Å²) in [6, 6.07) is 0. The van der Waals surface area contributed by atoms with Gasteiger partial charge in [-0.15, -0.1) is 0 Å². The van der Waals surface area contributed by atoms with E-state index in [1.165, 1.54) is 0 Å². The van der Waals surface area contributed by atoms with E-state index in [9.17, 15) is 0 Å². The predicted molar refractivity (Wildman–Crippen MR) is 42.2 cm³/mol. The third-order valence-corrected chi connectivity index (χ3v) is 80.5. The molecule has 0 unspecified atom stereocenters. The number of hydrogen-bond acceptors (Lipinski definition) is 2. The Morgan fingerprint density at radius 1 is 0.857 bits per heavy atom. The molecule has 0 fully saturated rings. The first-order valence-electron chi connectivity index (χ1n) is 1.17. The quantitative estimate of drug-likeness (QED) is 0.453. The Kier molecular flexibility index (Phi) is 6.74. The Morgan fingerprint density at radius 2 is 1.43 bits per heavy atom. The molecule has 0 nitrogen and oxygen atoms in total. The summed E-state index contributed by atoms with van der Waals surface area (Å²) < 4.78 is 0. The summed E-state index contributed by atoms with van der Waals surface area (Å²) >= 11 is 3.09. The third-order valence-electron chi connectivity index (χ3n) is 0.194. The second kappa shape index (κ2) is 5.79. The van der Waals surface area contributed by atoms with Gasteiger partial charge in [0.15, 0.2) is 0 Å². The van der Waals surface area contributed by atoms with Crippen LogP contribution in [0.2, 0.25) is 0 Å². The van der Waals surface area contributed by atoms with Crippen molar-refractivity contribution in [2.75, 3.05) is 0 Å². The van der Waals surface area contributed by atoms with Gasteiger partial charge < -0.3 is 0 Å². The van der Waals surface area contributed by atoms with Gasteiger partial charge in [-0.2, -0.15) is 0 Å². The van der Waals surface area contributed by atoms with Gasteiger partial charge in [0.25, 0.3) is 0 Å². The molecule has 0 aliphatic heterocycles. The normalized spacial score (nSPS) is 8.00. The minimum absolute atomic E-state index is 0.958. The van der Waals surface area contributed by atoms with Crippen molar-refractivity contribution in [2.24, 2.45) is 0 Å². The molecule has 1 aromatic rings. The molecule has 1 rings (SSSR count). The topological polar surface area (TPSA) is 0 Å². The first kappa shape index (κ1) is 8.14. The molecule has 1 heterocycles. The van der Waals surface area contributed by atoms with E-state index in [0.717, 1.165) is 56.7 Å². The van der Waals surface area contributed by atoms with E-state index in [1.807, 2.05) is 0 Å². The molecule has 1 aromatic heterocycles. The van der Waals surface area contributed by atoms with Crippen LogP contribution in [0.15, 0.2) is 0 Å². The molecular weight excluding hydrogens is 459 g/mol. The molecular formula is S2Se5. The molecule has 7 heavy (non-hydrogen) atoms. The number of hydrogen-bond donors (Lipinski definition) is 0. The Balaban J connectivity index is 3.06. The fourth-order valence-corrected chi connectivity index (χ4v) is 142. The zero-order valence-corrected chi connectivity index (χ0v) is 13.1. The standard InChI is InChI=1S/S2Se5/c1-3-2-5-7-6-4-1. The minimum atomic E-state index is 0.958. The van der Waals surface area contributed by atoms with Crippen molar-refractivity contribution in [1.29, 1.82) is 0 Å². The zero-order chi connectivity index (χ0) is 4.95. The molecule has 0 N–H and O–H groups in total. The molecule has 0 spiro atoms. The Morgan fingerprint density at radius 3 is 2.00 bits per heavy atom. The van der Waals surface area contributed by atoms with E-state index in [0.29, 0.717) is 0 Å². The van der Waals surface area contributed by atoms with Gasteiger partial charge in [0, 0.05) is 0 Å². The summed E-state index contributed by atoms with van der Waals surface area (Å²) in [5.41, 5.74) is 0. The van der Waals surface area contributed by atoms with E-state index >= 15 is 0 Å². The van der Waals surface area contributed by atoms with Crippen molar-refractivity contribution in [2.45, 2.75) is 0 Å². The van der Waals surface area contributed by atoms with E-state index in [-0.39, 0.29) is 0 Å². The molecule has 0 saturated carbocycles. The molecule has 42 valence electrons. The van der Waals surface area contributed by atoms with Gasteiger partial charge in [0.1, 0.15) is 0 Å². The Labute approximate surface area is 71.3 Å². The monoisotopic (exact) mass is 464 g/mol. The van der Waals surface area contributed by atoms with Crippen molar-refractivity contribution in [1.82, 2.24) is 0 Å². The van der Waals surface area contributed by atoms with Crippen LogP contribution in [0.25, 0.3) is 0 Å². The number of rotatable bonds is 0. The Bertz CT molecular complexity index is 94.1. The maximum atomic E-state index is 2.26. The second-order valence-corrected chi connectivity index (χ2v) is 44.3. The summed E-state index contributed by atoms with van der Waals surface area (Å²) in [7, 11) is 6.82. The van der Waals surface area contributed by atoms with Gasteiger partial charge in [-0.25, -0.2) is 0 Å². The Hall–Kier alpha value is 3.04. The molecule has 7 heteroatoms. The van der Waals surface area contributed by atoms with E-state index in [4.69, 9.17) is 0 Å². The molecule has 0 aromatic carbocycles. The van der Waals surface area contributed by atoms with Gasteiger partial charge in [-0.05, 0) is 0 Å². The van der Waals surface area contributed by atoms with Crippen LogP contribution in [-0.2, 0) is 0 Å². The van der Waals surface area contributed by atoms with E-state index in [1.54, 1.807) is 0 Å². The van der Waals surface area contributed by atoms with Gasteiger partial charge in [-0.1, -0.05) is 0 Å². The van der Waals surface area contributed by atoms with Crippen molar-refractivity contribution < 1.29 is 0 Å². The van der Waals surface area contributed by atoms with Crippen molar-refractivity contribution in [3.63, 3.8) is 0 Å². The predicted octanol–water partition coefficient (Wildman–Crippen LogP) is -0.657. The molecule has 0 saturated heterocycles. The van der Waals surface area contributed by atoms with Crippen LogP contribution in [0.5, 0.6) is 0 Å². The van der Waals surface area contributed by atoms with Gasteiger partial charge in [-0.3, -0.25) is 0 Å². The van der Waals surface area contributed by atoms with Crippen LogP contribution < -0.4 is 0 Å². The van der Waals surface area contributed by atoms with Crippen molar-refractivity contribution in [3.05, 3.63) is 0 Å². The third kappa shape index (κ3) is 4.44. The van der Waals surface area contributed by atoms with Gasteiger partial charge in [0.2, 0.25) is 0 Å². The molecule has 0 aliphatic carbocycles. The van der Waals surface area contributed by atoms with Crippen LogP contribution in [0.1, 0.15) is 0 Å². The second-order valence-electron chi connectivity index (χ2n) is 0.476. The van der Waals surface area contributed by atoms with E-state index in [2.05, 4.69) is 16.2 Å². The van der Waals surface area contributed by atoms with Gasteiger partial charge in [0.05, 0.1) is 0 Å². The summed E-state index contributed by atoms with van der Waals surface area (Å²) in [6.07, 6.45) is 0. The molecule has 0 aliphatic rings. The first-order valence-corrected chi connectivity index (χ1v) is 23.9. The average Bonchev–Trinajstić information content (AvgIpc) is 1.90. The fraction of sp³-hybridized carbons (Fsp3) is 0. The van der Waals surface area contributed by atoms with Crippen molar-refractivity contribution >= 4 is 72.9 Å². The summed E-state index contributed by atoms with van der Waals surface area (Å²) in [5.74, 6) is 0. The molecule has 0 amide bonds. The van der Waals surface area contributed by atoms with Crippen LogP contribution in [-0.4, -0.2) is 56.7 Å².